The Bertz CT molecular complexity index is 1500. The third-order valence-corrected chi connectivity index (χ3v) is 12.5. The maximum atomic E-state index is 16.3. The van der Waals surface area contributed by atoms with Crippen molar-refractivity contribution in [1.29, 1.82) is 0 Å². The van der Waals surface area contributed by atoms with Crippen molar-refractivity contribution in [2.75, 3.05) is 18.6 Å². The van der Waals surface area contributed by atoms with Crippen LogP contribution in [0.4, 0.5) is 9.80 Å². The Labute approximate surface area is 248 Å². The molecule has 0 saturated carbocycles. The molecule has 4 aliphatic rings. The molecule has 1 spiro atoms. The second-order valence-electron chi connectivity index (χ2n) is 13.5. The quantitative estimate of drug-likeness (QED) is 0.374. The molecular weight excluding hydrogens is 551 g/mol. The fourth-order valence-corrected chi connectivity index (χ4v) is 10.7. The molecule has 9 heteroatoms. The largest absolute Gasteiger partial charge is 0.497 e. The van der Waals surface area contributed by atoms with Gasteiger partial charge in [0.25, 0.3) is 5.91 Å². The molecule has 2 aromatic carbocycles. The molecule has 42 heavy (non-hydrogen) atoms. The van der Waals surface area contributed by atoms with Crippen LogP contribution in [-0.4, -0.2) is 61.6 Å². The van der Waals surface area contributed by atoms with Crippen LogP contribution in [0.5, 0.6) is 5.75 Å². The highest BCUT2D eigenvalue weighted by atomic mass is 28.4. The molecule has 4 heterocycles. The number of ether oxygens (including phenoxy) is 2. The summed E-state index contributed by atoms with van der Waals surface area (Å²) in [5.74, 6) is -0.321. The molecule has 1 fully saturated rings. The van der Waals surface area contributed by atoms with Crippen LogP contribution in [0.3, 0.4) is 0 Å². The molecule has 4 aliphatic heterocycles. The number of allylic oxidation sites excluding steroid dienone is 1. The summed E-state index contributed by atoms with van der Waals surface area (Å²) >= 11 is 0. The topological polar surface area (TPSA) is 79.3 Å². The standard InChI is InChI=1S/C33H41FN2O5Si/c1-19-16-32(3,4)36-29-25(19)13-24(40-5)14-26(29)33(31(36)39)20(2)30(42(6,7)34)27(41-33)15-28(38)35-17-22-11-9-8-10-21(22)12-23(35)18-37/h8-11,13-14,16,20,23,27,30,37H,12,15,17-18H2,1-7H3/t20-,23+,27+,30-,33+/m1/s1. The van der Waals surface area contributed by atoms with Gasteiger partial charge in [-0.15, -0.1) is 0 Å². The molecule has 0 unspecified atom stereocenters. The zero-order valence-electron chi connectivity index (χ0n) is 25.5. The molecule has 2 aromatic rings. The van der Waals surface area contributed by atoms with Gasteiger partial charge < -0.3 is 23.6 Å². The number of carbonyl (C=O) groups is 2. The number of hydrogen-bond donors (Lipinski definition) is 1. The molecule has 0 aromatic heterocycles. The van der Waals surface area contributed by atoms with E-state index in [1.54, 1.807) is 30.0 Å². The maximum Gasteiger partial charge on any atom is 0.265 e. The minimum atomic E-state index is -3.46. The van der Waals surface area contributed by atoms with Crippen molar-refractivity contribution < 1.29 is 28.3 Å². The molecule has 224 valence electrons. The highest BCUT2D eigenvalue weighted by Gasteiger charge is 2.69. The minimum absolute atomic E-state index is 0.0596. The Morgan fingerprint density at radius 2 is 1.90 bits per heavy atom. The fraction of sp³-hybridized carbons (Fsp3) is 0.515. The van der Waals surface area contributed by atoms with Gasteiger partial charge >= 0.3 is 0 Å². The van der Waals surface area contributed by atoms with E-state index >= 15 is 4.11 Å². The molecule has 1 N–H and O–H groups in total. The Kier molecular flexibility index (Phi) is 6.75. The molecule has 2 amide bonds. The SMILES string of the molecule is COc1cc2c3c(c1)[C@]1(O[C@@H](CC(=O)N4Cc5ccccc5C[C@H]4CO)[C@H]([Si](C)(C)F)[C@H]1C)C(=O)N3C(C)(C)C=C2C. The first-order valence-electron chi connectivity index (χ1n) is 14.9. The summed E-state index contributed by atoms with van der Waals surface area (Å²) in [6.07, 6.45) is 1.78. The van der Waals surface area contributed by atoms with Crippen LogP contribution in [0, 0.1) is 5.92 Å². The van der Waals surface area contributed by atoms with Gasteiger partial charge in [-0.05, 0) is 69.1 Å². The van der Waals surface area contributed by atoms with E-state index in [2.05, 4.69) is 6.08 Å². The average molecular weight is 593 g/mol. The second kappa shape index (κ2) is 9.76. The van der Waals surface area contributed by atoms with Gasteiger partial charge in [-0.25, -0.2) is 0 Å². The Hall–Kier alpha value is -3.01. The van der Waals surface area contributed by atoms with Gasteiger partial charge in [0, 0.05) is 29.1 Å². The van der Waals surface area contributed by atoms with Gasteiger partial charge in [-0.3, -0.25) is 14.5 Å². The Balaban J connectivity index is 1.42. The fourth-order valence-electron chi connectivity index (χ4n) is 8.24. The Morgan fingerprint density at radius 3 is 2.55 bits per heavy atom. The van der Waals surface area contributed by atoms with Crippen LogP contribution in [0.25, 0.3) is 5.57 Å². The lowest BCUT2D eigenvalue weighted by Crippen LogP contribution is -2.52. The van der Waals surface area contributed by atoms with E-state index in [1.165, 1.54) is 0 Å². The first-order valence-corrected chi connectivity index (χ1v) is 17.8. The van der Waals surface area contributed by atoms with Gasteiger partial charge in [0.1, 0.15) is 5.75 Å². The van der Waals surface area contributed by atoms with E-state index in [9.17, 15) is 14.7 Å². The average Bonchev–Trinajstić information content (AvgIpc) is 3.37. The molecule has 0 aliphatic carbocycles. The smallest absolute Gasteiger partial charge is 0.265 e. The summed E-state index contributed by atoms with van der Waals surface area (Å²) < 4.78 is 28.9. The molecule has 5 atom stereocenters. The van der Waals surface area contributed by atoms with Gasteiger partial charge in [-0.2, -0.15) is 0 Å². The highest BCUT2D eigenvalue weighted by Crippen LogP contribution is 2.63. The normalized spacial score (nSPS) is 29.5. The molecule has 1 saturated heterocycles. The number of aliphatic hydroxyl groups is 1. The number of hydrogen-bond acceptors (Lipinski definition) is 5. The minimum Gasteiger partial charge on any atom is -0.497 e. The second-order valence-corrected chi connectivity index (χ2v) is 17.3. The van der Waals surface area contributed by atoms with Crippen molar-refractivity contribution >= 4 is 31.5 Å². The summed E-state index contributed by atoms with van der Waals surface area (Å²) in [4.78, 5) is 32.2. The molecule has 6 rings (SSSR count). The van der Waals surface area contributed by atoms with Crippen molar-refractivity contribution in [2.45, 2.75) is 89.0 Å². The predicted molar refractivity (Wildman–Crippen MR) is 162 cm³/mol. The lowest BCUT2D eigenvalue weighted by atomic mass is 9.81. The third-order valence-electron chi connectivity index (χ3n) is 10.0. The number of amides is 2. The van der Waals surface area contributed by atoms with E-state index in [0.717, 1.165) is 28.0 Å². The molecule has 0 radical (unpaired) electrons. The lowest BCUT2D eigenvalue weighted by Gasteiger charge is -2.39. The van der Waals surface area contributed by atoms with Crippen molar-refractivity contribution in [3.05, 3.63) is 64.7 Å². The number of carbonyl (C=O) groups excluding carboxylic acids is 2. The lowest BCUT2D eigenvalue weighted by molar-refractivity contribution is -0.151. The van der Waals surface area contributed by atoms with Crippen LogP contribution in [0.1, 0.15) is 56.4 Å². The van der Waals surface area contributed by atoms with E-state index in [1.807, 2.05) is 64.1 Å². The van der Waals surface area contributed by atoms with Crippen LogP contribution < -0.4 is 9.64 Å². The number of anilines is 1. The third kappa shape index (κ3) is 4.11. The molecule has 0 bridgehead atoms. The zero-order chi connectivity index (χ0) is 30.4. The van der Waals surface area contributed by atoms with Crippen LogP contribution in [0.2, 0.25) is 18.6 Å². The first kappa shape index (κ1) is 29.1. The summed E-state index contributed by atoms with van der Waals surface area (Å²) in [7, 11) is -1.86. The van der Waals surface area contributed by atoms with Crippen molar-refractivity contribution in [1.82, 2.24) is 4.90 Å². The molecule has 7 nitrogen and oxygen atoms in total. The van der Waals surface area contributed by atoms with Gasteiger partial charge in [0.2, 0.25) is 14.3 Å². The van der Waals surface area contributed by atoms with Gasteiger partial charge in [-0.1, -0.05) is 37.3 Å². The van der Waals surface area contributed by atoms with Gasteiger partial charge in [0.05, 0.1) is 43.5 Å². The van der Waals surface area contributed by atoms with Crippen LogP contribution in [-0.2, 0) is 32.9 Å². The van der Waals surface area contributed by atoms with E-state index < -0.39 is 37.1 Å². The molecular formula is C33H41FN2O5Si. The number of benzene rings is 2. The van der Waals surface area contributed by atoms with Crippen LogP contribution in [0.15, 0.2) is 42.5 Å². The number of fused-ring (bicyclic) bond motifs is 2. The monoisotopic (exact) mass is 592 g/mol. The summed E-state index contributed by atoms with van der Waals surface area (Å²) in [6.45, 7) is 11.4. The van der Waals surface area contributed by atoms with E-state index in [-0.39, 0.29) is 30.9 Å². The van der Waals surface area contributed by atoms with Crippen molar-refractivity contribution in [2.24, 2.45) is 5.92 Å². The summed E-state index contributed by atoms with van der Waals surface area (Å²) in [6, 6.07) is 11.4. The van der Waals surface area contributed by atoms with Crippen molar-refractivity contribution in [3.8, 4) is 5.75 Å². The first-order chi connectivity index (χ1) is 19.7. The van der Waals surface area contributed by atoms with Crippen molar-refractivity contribution in [3.63, 3.8) is 0 Å². The van der Waals surface area contributed by atoms with Gasteiger partial charge in [0.15, 0.2) is 5.60 Å². The highest BCUT2D eigenvalue weighted by molar-refractivity contribution is 6.72. The number of methoxy groups -OCH3 is 1. The summed E-state index contributed by atoms with van der Waals surface area (Å²) in [5.41, 5.74) is 2.91. The maximum absolute atomic E-state index is 16.3. The van der Waals surface area contributed by atoms with Crippen LogP contribution >= 0.6 is 0 Å². The number of halogens is 1. The summed E-state index contributed by atoms with van der Waals surface area (Å²) in [5, 5.41) is 10.2. The van der Waals surface area contributed by atoms with E-state index in [4.69, 9.17) is 9.47 Å². The van der Waals surface area contributed by atoms with E-state index in [0.29, 0.717) is 24.3 Å². The number of rotatable bonds is 5. The Morgan fingerprint density at radius 1 is 1.21 bits per heavy atom. The number of nitrogens with zero attached hydrogens (tertiary/aromatic N) is 2. The number of aliphatic hydroxyl groups excluding tert-OH is 1. The zero-order valence-corrected chi connectivity index (χ0v) is 26.5. The predicted octanol–water partition coefficient (Wildman–Crippen LogP) is 5.35.